The second-order valence-corrected chi connectivity index (χ2v) is 9.79. The largest absolute Gasteiger partial charge is 0.0629 e. The summed E-state index contributed by atoms with van der Waals surface area (Å²) in [4.78, 5) is 0. The van der Waals surface area contributed by atoms with E-state index in [0.29, 0.717) is 11.1 Å². The van der Waals surface area contributed by atoms with E-state index in [2.05, 4.69) is 30.3 Å². The lowest BCUT2D eigenvalue weighted by molar-refractivity contribution is 1.65. The van der Waals surface area contributed by atoms with Gasteiger partial charge in [-0.25, -0.2) is 0 Å². The van der Waals surface area contributed by atoms with Gasteiger partial charge in [-0.3, -0.25) is 0 Å². The van der Waals surface area contributed by atoms with Crippen LogP contribution in [0, 0.1) is 0 Å². The third-order valence-corrected chi connectivity index (χ3v) is 7.61. The molecule has 0 amide bonds. The van der Waals surface area contributed by atoms with E-state index in [0.717, 1.165) is 32.7 Å². The summed E-state index contributed by atoms with van der Waals surface area (Å²) in [5.41, 5.74) is 3.27. The molecule has 0 aliphatic rings. The third-order valence-electron chi connectivity index (χ3n) is 7.61. The normalized spacial score (nSPS) is 14.7. The SMILES string of the molecule is [2H]c1ccccc1-c1c2c([2H])c([2H])c([2H])c([2H])c2c(-c2cccc3c(-c4ccc5ccccc5c4)cccc23)c2c([2H])c([2H])c([2H])c([2H])c12. The molecule has 0 atom stereocenters. The van der Waals surface area contributed by atoms with Gasteiger partial charge in [-0.05, 0) is 82.5 Å². The predicted octanol–water partition coefficient (Wildman–Crippen LogP) is 11.3. The van der Waals surface area contributed by atoms with E-state index < -0.39 is 24.2 Å². The zero-order chi connectivity index (χ0) is 34.3. The average Bonchev–Trinajstić information content (AvgIpc) is 3.13. The number of hydrogen-bond acceptors (Lipinski definition) is 0. The summed E-state index contributed by atoms with van der Waals surface area (Å²) >= 11 is 0. The van der Waals surface area contributed by atoms with E-state index >= 15 is 0 Å². The molecule has 0 fully saturated rings. The Labute approximate surface area is 246 Å². The van der Waals surface area contributed by atoms with Gasteiger partial charge < -0.3 is 0 Å². The molecule has 186 valence electrons. The highest BCUT2D eigenvalue weighted by Gasteiger charge is 2.18. The average molecular weight is 516 g/mol. The summed E-state index contributed by atoms with van der Waals surface area (Å²) < 4.78 is 80.4. The first-order valence-corrected chi connectivity index (χ1v) is 13.1. The minimum absolute atomic E-state index is 0.0582. The second kappa shape index (κ2) is 9.22. The zero-order valence-electron chi connectivity index (χ0n) is 30.3. The predicted molar refractivity (Wildman–Crippen MR) is 173 cm³/mol. The molecule has 8 aromatic carbocycles. The van der Waals surface area contributed by atoms with Crippen LogP contribution in [0.4, 0.5) is 0 Å². The fraction of sp³-hybridized carbons (Fsp3) is 0. The molecule has 0 spiro atoms. The Morgan fingerprint density at radius 1 is 0.350 bits per heavy atom. The molecule has 0 nitrogen and oxygen atoms in total. The van der Waals surface area contributed by atoms with Crippen LogP contribution in [0.25, 0.3) is 76.5 Å². The van der Waals surface area contributed by atoms with Crippen LogP contribution in [0.5, 0.6) is 0 Å². The highest BCUT2D eigenvalue weighted by molar-refractivity contribution is 6.24. The van der Waals surface area contributed by atoms with Crippen LogP contribution in [0.1, 0.15) is 12.3 Å². The standard InChI is InChI=1S/C40H26/c1-2-13-28(14-3-1)39-35-16-6-8-18-37(35)40(38-19-9-7-17-36(38)39)34-23-11-21-32-31(20-10-22-33(32)34)30-25-24-27-12-4-5-15-29(27)26-30/h1-26H/i6D,7D,8D,9D,13D,16D,17D,18D,19D. The van der Waals surface area contributed by atoms with Crippen molar-refractivity contribution in [3.05, 3.63) is 158 Å². The summed E-state index contributed by atoms with van der Waals surface area (Å²) in [6.07, 6.45) is 0. The molecule has 0 saturated carbocycles. The van der Waals surface area contributed by atoms with E-state index in [4.69, 9.17) is 6.85 Å². The summed E-state index contributed by atoms with van der Waals surface area (Å²) in [6.45, 7) is 0. The molecule has 40 heavy (non-hydrogen) atoms. The Balaban J connectivity index is 1.61. The quantitative estimate of drug-likeness (QED) is 0.205. The summed E-state index contributed by atoms with van der Waals surface area (Å²) in [6, 6.07) is 29.4. The Morgan fingerprint density at radius 2 is 0.950 bits per heavy atom. The van der Waals surface area contributed by atoms with E-state index in [1.807, 2.05) is 48.5 Å². The van der Waals surface area contributed by atoms with Crippen LogP contribution in [-0.2, 0) is 0 Å². The summed E-state index contributed by atoms with van der Waals surface area (Å²) in [5, 5.41) is 4.28. The number of rotatable bonds is 3. The van der Waals surface area contributed by atoms with Gasteiger partial charge in [-0.15, -0.1) is 0 Å². The molecule has 0 heterocycles. The van der Waals surface area contributed by atoms with Crippen molar-refractivity contribution < 1.29 is 12.3 Å². The highest BCUT2D eigenvalue weighted by Crippen LogP contribution is 2.46. The Kier molecular flexibility index (Phi) is 3.55. The van der Waals surface area contributed by atoms with Crippen molar-refractivity contribution in [3.8, 4) is 33.4 Å². The van der Waals surface area contributed by atoms with E-state index in [1.54, 1.807) is 24.3 Å². The Hall–Kier alpha value is -5.20. The number of benzene rings is 8. The minimum atomic E-state index is -0.469. The molecule has 8 aromatic rings. The topological polar surface area (TPSA) is 0 Å². The van der Waals surface area contributed by atoms with Crippen LogP contribution in [-0.4, -0.2) is 0 Å². The molecular weight excluding hydrogens is 480 g/mol. The molecular formula is C40H26. The third kappa shape index (κ3) is 3.54. The maximum atomic E-state index is 9.26. The lowest BCUT2D eigenvalue weighted by Gasteiger charge is -2.19. The molecule has 8 rings (SSSR count). The molecule has 0 aromatic heterocycles. The lowest BCUT2D eigenvalue weighted by atomic mass is 9.84. The maximum absolute atomic E-state index is 9.26. The molecule has 0 aliphatic carbocycles. The van der Waals surface area contributed by atoms with Crippen LogP contribution < -0.4 is 0 Å². The molecule has 0 unspecified atom stereocenters. The van der Waals surface area contributed by atoms with Crippen molar-refractivity contribution in [2.24, 2.45) is 0 Å². The lowest BCUT2D eigenvalue weighted by Crippen LogP contribution is -1.92. The molecule has 0 heteroatoms. The minimum Gasteiger partial charge on any atom is -0.0622 e. The van der Waals surface area contributed by atoms with E-state index in [1.165, 1.54) is 0 Å². The van der Waals surface area contributed by atoms with Gasteiger partial charge in [0.2, 0.25) is 0 Å². The Bertz CT molecular complexity index is 2630. The van der Waals surface area contributed by atoms with Crippen molar-refractivity contribution >= 4 is 43.1 Å². The monoisotopic (exact) mass is 515 g/mol. The van der Waals surface area contributed by atoms with Gasteiger partial charge in [-0.2, -0.15) is 0 Å². The van der Waals surface area contributed by atoms with Crippen LogP contribution in [0.2, 0.25) is 0 Å². The fourth-order valence-corrected chi connectivity index (χ4v) is 5.85. The highest BCUT2D eigenvalue weighted by atomic mass is 14.2. The van der Waals surface area contributed by atoms with Gasteiger partial charge in [-0.1, -0.05) is 151 Å². The van der Waals surface area contributed by atoms with Gasteiger partial charge in [0, 0.05) is 0 Å². The second-order valence-electron chi connectivity index (χ2n) is 9.79. The summed E-state index contributed by atoms with van der Waals surface area (Å²) in [5.74, 6) is 0. The van der Waals surface area contributed by atoms with Crippen LogP contribution in [0.3, 0.4) is 0 Å². The fourth-order valence-electron chi connectivity index (χ4n) is 5.85. The van der Waals surface area contributed by atoms with Gasteiger partial charge in [0.05, 0.1) is 12.3 Å². The molecule has 0 bridgehead atoms. The first kappa shape index (κ1) is 15.4. The first-order valence-electron chi connectivity index (χ1n) is 17.6. The van der Waals surface area contributed by atoms with Gasteiger partial charge in [0.15, 0.2) is 0 Å². The van der Waals surface area contributed by atoms with E-state index in [9.17, 15) is 5.48 Å². The molecule has 0 saturated heterocycles. The van der Waals surface area contributed by atoms with Crippen molar-refractivity contribution in [3.63, 3.8) is 0 Å². The van der Waals surface area contributed by atoms with Crippen molar-refractivity contribution in [1.29, 1.82) is 0 Å². The first-order chi connectivity index (χ1) is 23.6. The van der Waals surface area contributed by atoms with Crippen molar-refractivity contribution in [1.82, 2.24) is 0 Å². The summed E-state index contributed by atoms with van der Waals surface area (Å²) in [7, 11) is 0. The van der Waals surface area contributed by atoms with Gasteiger partial charge in [0.25, 0.3) is 0 Å². The van der Waals surface area contributed by atoms with E-state index in [-0.39, 0.29) is 62.9 Å². The molecule has 0 N–H and O–H groups in total. The smallest absolute Gasteiger partial charge is 0.0622 e. The molecule has 0 aliphatic heterocycles. The number of fused-ring (bicyclic) bond motifs is 4. The molecule has 0 radical (unpaired) electrons. The van der Waals surface area contributed by atoms with Gasteiger partial charge in [0.1, 0.15) is 0 Å². The zero-order valence-corrected chi connectivity index (χ0v) is 21.3. The van der Waals surface area contributed by atoms with Crippen LogP contribution >= 0.6 is 0 Å². The van der Waals surface area contributed by atoms with Gasteiger partial charge >= 0.3 is 0 Å². The van der Waals surface area contributed by atoms with Crippen molar-refractivity contribution in [2.45, 2.75) is 0 Å². The Morgan fingerprint density at radius 3 is 1.65 bits per heavy atom. The number of hydrogen-bond donors (Lipinski definition) is 0. The van der Waals surface area contributed by atoms with Crippen molar-refractivity contribution in [2.75, 3.05) is 0 Å². The van der Waals surface area contributed by atoms with Crippen LogP contribution in [0.15, 0.2) is 158 Å². The maximum Gasteiger partial charge on any atom is 0.0629 e.